The molecule has 8 nitrogen and oxygen atoms in total. The first kappa shape index (κ1) is 20.1. The molecule has 0 saturated heterocycles. The molecule has 2 atom stereocenters. The van der Waals surface area contributed by atoms with Crippen LogP contribution in [0.4, 0.5) is 5.69 Å². The zero-order valence-corrected chi connectivity index (χ0v) is 16.1. The zero-order chi connectivity index (χ0) is 20.4. The standard InChI is InChI=1S/C19H23N3O5S/c20-17(24)19-12-13(19)8-4-2-1-3-5-11-16(23)21-14-9-6-7-10-15(14)28(26,27)22-18(19)25/h4,6-10,13H,1-3,5,11-12H2,(H2,20,24)(H,21,23)(H,22,25)/b8-4+/t13-,19-/m1/s1. The number of anilines is 1. The van der Waals surface area contributed by atoms with Crippen molar-refractivity contribution >= 4 is 33.4 Å². The Morgan fingerprint density at radius 2 is 1.89 bits per heavy atom. The summed E-state index contributed by atoms with van der Waals surface area (Å²) in [6, 6.07) is 5.81. The van der Waals surface area contributed by atoms with E-state index >= 15 is 0 Å². The van der Waals surface area contributed by atoms with Gasteiger partial charge in [-0.1, -0.05) is 30.7 Å². The fourth-order valence-electron chi connectivity index (χ4n) is 3.45. The molecule has 28 heavy (non-hydrogen) atoms. The SMILES string of the molecule is NC(=O)[C@@]12C[C@H]1/C=C/CCCCCC(=O)Nc1ccccc1S(=O)(=O)NC2=O. The molecule has 0 radical (unpaired) electrons. The summed E-state index contributed by atoms with van der Waals surface area (Å²) in [5.74, 6) is -2.50. The molecule has 1 fully saturated rings. The van der Waals surface area contributed by atoms with Crippen LogP contribution in [0.15, 0.2) is 41.3 Å². The first-order valence-corrected chi connectivity index (χ1v) is 10.7. The van der Waals surface area contributed by atoms with Gasteiger partial charge in [-0.3, -0.25) is 14.4 Å². The molecule has 2 aliphatic rings. The number of primary amides is 1. The molecule has 4 N–H and O–H groups in total. The second kappa shape index (κ2) is 7.75. The van der Waals surface area contributed by atoms with Crippen LogP contribution in [0.1, 0.15) is 38.5 Å². The van der Waals surface area contributed by atoms with Crippen molar-refractivity contribution < 1.29 is 22.8 Å². The van der Waals surface area contributed by atoms with E-state index in [4.69, 9.17) is 5.73 Å². The highest BCUT2D eigenvalue weighted by atomic mass is 32.2. The molecule has 1 saturated carbocycles. The smallest absolute Gasteiger partial charge is 0.266 e. The first-order chi connectivity index (χ1) is 13.3. The first-order valence-electron chi connectivity index (χ1n) is 9.20. The maximum Gasteiger partial charge on any atom is 0.266 e. The highest BCUT2D eigenvalue weighted by molar-refractivity contribution is 7.90. The van der Waals surface area contributed by atoms with Crippen molar-refractivity contribution in [1.82, 2.24) is 4.72 Å². The van der Waals surface area contributed by atoms with E-state index in [2.05, 4.69) is 5.32 Å². The number of para-hydroxylation sites is 1. The van der Waals surface area contributed by atoms with Gasteiger partial charge in [-0.25, -0.2) is 13.1 Å². The number of sulfonamides is 1. The van der Waals surface area contributed by atoms with Crippen LogP contribution in [0.2, 0.25) is 0 Å². The van der Waals surface area contributed by atoms with E-state index in [9.17, 15) is 22.8 Å². The summed E-state index contributed by atoms with van der Waals surface area (Å²) in [5.41, 5.74) is 3.96. The monoisotopic (exact) mass is 405 g/mol. The van der Waals surface area contributed by atoms with E-state index in [-0.39, 0.29) is 29.3 Å². The quantitative estimate of drug-likeness (QED) is 0.480. The third-order valence-electron chi connectivity index (χ3n) is 5.18. The molecule has 9 heteroatoms. The molecule has 1 aliphatic carbocycles. The molecular weight excluding hydrogens is 382 g/mol. The van der Waals surface area contributed by atoms with Gasteiger partial charge in [0, 0.05) is 12.3 Å². The number of hydrogen-bond donors (Lipinski definition) is 3. The molecule has 0 unspecified atom stereocenters. The number of carbonyl (C=O) groups is 3. The van der Waals surface area contributed by atoms with E-state index in [0.29, 0.717) is 6.42 Å². The van der Waals surface area contributed by atoms with E-state index in [1.54, 1.807) is 12.1 Å². The Bertz CT molecular complexity index is 941. The predicted molar refractivity (Wildman–Crippen MR) is 102 cm³/mol. The summed E-state index contributed by atoms with van der Waals surface area (Å²) < 4.78 is 27.5. The Kier molecular flexibility index (Phi) is 5.55. The Morgan fingerprint density at radius 1 is 1.14 bits per heavy atom. The van der Waals surface area contributed by atoms with Gasteiger partial charge >= 0.3 is 0 Å². The highest BCUT2D eigenvalue weighted by Gasteiger charge is 2.64. The van der Waals surface area contributed by atoms with Crippen molar-refractivity contribution in [3.05, 3.63) is 36.4 Å². The lowest BCUT2D eigenvalue weighted by atomic mass is 10.0. The predicted octanol–water partition coefficient (Wildman–Crippen LogP) is 1.44. The number of nitrogens with one attached hydrogen (secondary N) is 2. The van der Waals surface area contributed by atoms with Crippen molar-refractivity contribution in [3.8, 4) is 0 Å². The van der Waals surface area contributed by atoms with Crippen LogP contribution < -0.4 is 15.8 Å². The summed E-state index contributed by atoms with van der Waals surface area (Å²) >= 11 is 0. The van der Waals surface area contributed by atoms with Gasteiger partial charge in [0.2, 0.25) is 17.7 Å². The van der Waals surface area contributed by atoms with Gasteiger partial charge in [0.1, 0.15) is 10.3 Å². The number of nitrogens with two attached hydrogens (primary N) is 1. The van der Waals surface area contributed by atoms with Crippen LogP contribution in [-0.4, -0.2) is 26.1 Å². The number of hydrogen-bond acceptors (Lipinski definition) is 5. The highest BCUT2D eigenvalue weighted by Crippen LogP contribution is 2.53. The molecule has 1 aromatic carbocycles. The number of fused-ring (bicyclic) bond motifs is 2. The summed E-state index contributed by atoms with van der Waals surface area (Å²) in [7, 11) is -4.30. The molecule has 0 spiro atoms. The topological polar surface area (TPSA) is 135 Å². The van der Waals surface area contributed by atoms with Crippen LogP contribution >= 0.6 is 0 Å². The molecular formula is C19H23N3O5S. The minimum atomic E-state index is -4.30. The number of allylic oxidation sites excluding steroid dienone is 2. The Balaban J connectivity index is 1.96. The molecule has 3 amide bonds. The Morgan fingerprint density at radius 3 is 2.64 bits per heavy atom. The summed E-state index contributed by atoms with van der Waals surface area (Å²) in [6.45, 7) is 0. The number of benzene rings is 1. The lowest BCUT2D eigenvalue weighted by Gasteiger charge is -2.16. The van der Waals surface area contributed by atoms with Gasteiger partial charge in [0.25, 0.3) is 10.0 Å². The van der Waals surface area contributed by atoms with Crippen molar-refractivity contribution in [2.24, 2.45) is 17.1 Å². The summed E-state index contributed by atoms with van der Waals surface area (Å²) in [5, 5.41) is 2.59. The minimum Gasteiger partial charge on any atom is -0.369 e. The Labute approximate surface area is 163 Å². The summed E-state index contributed by atoms with van der Waals surface area (Å²) in [4.78, 5) is 36.5. The lowest BCUT2D eigenvalue weighted by molar-refractivity contribution is -0.134. The minimum absolute atomic E-state index is 0.0836. The maximum absolute atomic E-state index is 12.8. The molecule has 150 valence electrons. The average Bonchev–Trinajstić information content (AvgIpc) is 3.36. The number of rotatable bonds is 1. The second-order valence-corrected chi connectivity index (χ2v) is 8.80. The number of amides is 3. The van der Waals surface area contributed by atoms with Crippen molar-refractivity contribution in [1.29, 1.82) is 0 Å². The van der Waals surface area contributed by atoms with Crippen molar-refractivity contribution in [2.45, 2.75) is 43.4 Å². The molecule has 0 bridgehead atoms. The van der Waals surface area contributed by atoms with Gasteiger partial charge in [0.05, 0.1) is 5.69 Å². The molecule has 1 heterocycles. The molecule has 1 aliphatic heterocycles. The normalized spacial score (nSPS) is 28.8. The van der Waals surface area contributed by atoms with E-state index < -0.39 is 33.2 Å². The molecule has 1 aromatic rings. The Hall–Kier alpha value is -2.68. The largest absolute Gasteiger partial charge is 0.369 e. The third-order valence-corrected chi connectivity index (χ3v) is 6.57. The van der Waals surface area contributed by atoms with Gasteiger partial charge < -0.3 is 11.1 Å². The van der Waals surface area contributed by atoms with Crippen molar-refractivity contribution in [3.63, 3.8) is 0 Å². The van der Waals surface area contributed by atoms with Crippen LogP contribution in [0.3, 0.4) is 0 Å². The van der Waals surface area contributed by atoms with Crippen LogP contribution in [0, 0.1) is 11.3 Å². The zero-order valence-electron chi connectivity index (χ0n) is 15.3. The van der Waals surface area contributed by atoms with Crippen LogP contribution in [0.5, 0.6) is 0 Å². The van der Waals surface area contributed by atoms with Gasteiger partial charge in [-0.15, -0.1) is 0 Å². The van der Waals surface area contributed by atoms with E-state index in [1.807, 2.05) is 10.8 Å². The average molecular weight is 405 g/mol. The van der Waals surface area contributed by atoms with Gasteiger partial charge in [-0.05, 0) is 37.8 Å². The van der Waals surface area contributed by atoms with Crippen molar-refractivity contribution in [2.75, 3.05) is 5.32 Å². The lowest BCUT2D eigenvalue weighted by Crippen LogP contribution is -2.44. The molecule has 3 rings (SSSR count). The maximum atomic E-state index is 12.8. The van der Waals surface area contributed by atoms with Gasteiger partial charge in [-0.2, -0.15) is 0 Å². The number of carbonyl (C=O) groups excluding carboxylic acids is 3. The second-order valence-electron chi connectivity index (χ2n) is 7.15. The van der Waals surface area contributed by atoms with E-state index in [0.717, 1.165) is 19.3 Å². The fourth-order valence-corrected chi connectivity index (χ4v) is 4.65. The van der Waals surface area contributed by atoms with Crippen LogP contribution in [0.25, 0.3) is 0 Å². The van der Waals surface area contributed by atoms with E-state index in [1.165, 1.54) is 18.2 Å². The fraction of sp³-hybridized carbons (Fsp3) is 0.421. The third kappa shape index (κ3) is 3.94. The van der Waals surface area contributed by atoms with Gasteiger partial charge in [0.15, 0.2) is 0 Å². The summed E-state index contributed by atoms with van der Waals surface area (Å²) in [6.07, 6.45) is 7.22. The molecule has 0 aromatic heterocycles. The van der Waals surface area contributed by atoms with Crippen LogP contribution in [-0.2, 0) is 24.4 Å².